The topological polar surface area (TPSA) is 80.6 Å². The van der Waals surface area contributed by atoms with Crippen LogP contribution in [0.4, 0.5) is 0 Å². The lowest BCUT2D eigenvalue weighted by atomic mass is 9.77. The third kappa shape index (κ3) is 5.16. The summed E-state index contributed by atoms with van der Waals surface area (Å²) in [4.78, 5) is 26.5. The van der Waals surface area contributed by atoms with Gasteiger partial charge in [0.2, 0.25) is 0 Å². The number of furan rings is 1. The largest absolute Gasteiger partial charge is 0.487 e. The molecule has 1 atom stereocenters. The number of para-hydroxylation sites is 1. The quantitative estimate of drug-likeness (QED) is 0.469. The van der Waals surface area contributed by atoms with Gasteiger partial charge in [0, 0.05) is 23.6 Å². The molecule has 0 radical (unpaired) electrons. The molecule has 1 spiro atoms. The van der Waals surface area contributed by atoms with E-state index in [4.69, 9.17) is 9.15 Å². The molecule has 1 aliphatic carbocycles. The van der Waals surface area contributed by atoms with Crippen LogP contribution in [0.2, 0.25) is 0 Å². The predicted octanol–water partition coefficient (Wildman–Crippen LogP) is 5.70. The van der Waals surface area contributed by atoms with Gasteiger partial charge in [0.05, 0.1) is 12.3 Å². The average Bonchev–Trinajstić information content (AvgIpc) is 3.37. The van der Waals surface area contributed by atoms with E-state index in [0.717, 1.165) is 42.6 Å². The van der Waals surface area contributed by atoms with Gasteiger partial charge in [-0.3, -0.25) is 9.59 Å². The molecular weight excluding hydrogens is 440 g/mol. The van der Waals surface area contributed by atoms with Gasteiger partial charge in [0.1, 0.15) is 22.8 Å². The lowest BCUT2D eigenvalue weighted by molar-refractivity contribution is -0.119. The van der Waals surface area contributed by atoms with Crippen LogP contribution in [0.3, 0.4) is 0 Å². The number of ether oxygens (including phenoxy) is 1. The van der Waals surface area contributed by atoms with Crippen molar-refractivity contribution in [1.29, 1.82) is 0 Å². The van der Waals surface area contributed by atoms with Crippen LogP contribution >= 0.6 is 0 Å². The van der Waals surface area contributed by atoms with E-state index in [2.05, 4.69) is 10.6 Å². The summed E-state index contributed by atoms with van der Waals surface area (Å²) in [6, 6.07) is 18.4. The Hall–Kier alpha value is -3.80. The van der Waals surface area contributed by atoms with Gasteiger partial charge in [0.25, 0.3) is 11.8 Å². The van der Waals surface area contributed by atoms with Crippen LogP contribution in [0.15, 0.2) is 77.0 Å². The number of carbonyl (C=O) groups excluding carboxylic acids is 2. The first-order valence-corrected chi connectivity index (χ1v) is 12.2. The van der Waals surface area contributed by atoms with Crippen molar-refractivity contribution < 1.29 is 18.7 Å². The first-order valence-electron chi connectivity index (χ1n) is 12.2. The van der Waals surface area contributed by atoms with E-state index in [1.807, 2.05) is 43.3 Å². The second-order valence-corrected chi connectivity index (χ2v) is 9.51. The molecule has 1 saturated carbocycles. The molecule has 0 unspecified atom stereocenters. The molecule has 180 valence electrons. The molecule has 0 saturated heterocycles. The third-order valence-electron chi connectivity index (χ3n) is 6.90. The number of amides is 2. The number of benzene rings is 2. The smallest absolute Gasteiger partial charge is 0.268 e. The maximum atomic E-state index is 13.6. The fourth-order valence-corrected chi connectivity index (χ4v) is 5.06. The van der Waals surface area contributed by atoms with Gasteiger partial charge in [-0.15, -0.1) is 0 Å². The Balaban J connectivity index is 1.41. The average molecular weight is 471 g/mol. The Bertz CT molecular complexity index is 1220. The van der Waals surface area contributed by atoms with Crippen molar-refractivity contribution in [2.45, 2.75) is 57.1 Å². The van der Waals surface area contributed by atoms with Crippen molar-refractivity contribution in [2.75, 3.05) is 0 Å². The van der Waals surface area contributed by atoms with Gasteiger partial charge in [-0.2, -0.15) is 0 Å². The number of rotatable bonds is 5. The van der Waals surface area contributed by atoms with Crippen LogP contribution in [0.25, 0.3) is 6.08 Å². The number of hydrogen-bond donors (Lipinski definition) is 2. The lowest BCUT2D eigenvalue weighted by Gasteiger charge is -2.44. The molecule has 1 aromatic heterocycles. The third-order valence-corrected chi connectivity index (χ3v) is 6.90. The van der Waals surface area contributed by atoms with Gasteiger partial charge >= 0.3 is 0 Å². The molecule has 6 nitrogen and oxygen atoms in total. The lowest BCUT2D eigenvalue weighted by Crippen LogP contribution is -2.47. The van der Waals surface area contributed by atoms with Crippen molar-refractivity contribution >= 4 is 17.9 Å². The van der Waals surface area contributed by atoms with Gasteiger partial charge in [-0.25, -0.2) is 0 Å². The van der Waals surface area contributed by atoms with E-state index < -0.39 is 0 Å². The van der Waals surface area contributed by atoms with E-state index in [9.17, 15) is 9.59 Å². The number of aryl methyl sites for hydroxylation is 1. The summed E-state index contributed by atoms with van der Waals surface area (Å²) in [5, 5.41) is 5.98. The maximum absolute atomic E-state index is 13.6. The Labute approximate surface area is 205 Å². The van der Waals surface area contributed by atoms with Crippen molar-refractivity contribution in [2.24, 2.45) is 0 Å². The van der Waals surface area contributed by atoms with E-state index in [0.29, 0.717) is 17.7 Å². The highest BCUT2D eigenvalue weighted by Gasteiger charge is 2.42. The standard InChI is InChI=1S/C29H30N2O4/c1-20-11-13-21(14-12-20)27(32)30-24(18-22-8-7-17-34-22)28(33)31-25-19-29(15-5-2-6-16-29)35-26-10-4-3-9-23(25)26/h3-4,7-14,17-18,25H,2,5-6,15-16,19H2,1H3,(H,30,32)(H,31,33)/b24-18-/t25-/m1/s1. The summed E-state index contributed by atoms with van der Waals surface area (Å²) in [5.41, 5.74) is 2.36. The normalized spacial score (nSPS) is 18.9. The first-order chi connectivity index (χ1) is 17.0. The molecule has 0 bridgehead atoms. The van der Waals surface area contributed by atoms with Crippen LogP contribution in [0, 0.1) is 6.92 Å². The van der Waals surface area contributed by atoms with Crippen LogP contribution in [-0.2, 0) is 4.79 Å². The molecule has 2 N–H and O–H groups in total. The molecule has 3 aromatic rings. The highest BCUT2D eigenvalue weighted by molar-refractivity contribution is 6.05. The Morgan fingerprint density at radius 2 is 1.74 bits per heavy atom. The van der Waals surface area contributed by atoms with Crippen LogP contribution in [0.5, 0.6) is 5.75 Å². The molecule has 35 heavy (non-hydrogen) atoms. The summed E-state index contributed by atoms with van der Waals surface area (Å²) < 4.78 is 11.9. The molecule has 6 heteroatoms. The zero-order chi connectivity index (χ0) is 24.3. The molecule has 1 aliphatic heterocycles. The SMILES string of the molecule is Cc1ccc(C(=O)N/C(=C\c2ccco2)C(=O)N[C@@H]2CC3(CCCCC3)Oc3ccccc32)cc1. The summed E-state index contributed by atoms with van der Waals surface area (Å²) >= 11 is 0. The first kappa shape index (κ1) is 23.0. The summed E-state index contributed by atoms with van der Waals surface area (Å²) in [5.74, 6) is 0.588. The monoisotopic (exact) mass is 470 g/mol. The van der Waals surface area contributed by atoms with Crippen LogP contribution < -0.4 is 15.4 Å². The molecule has 2 heterocycles. The fraction of sp³-hybridized carbons (Fsp3) is 0.310. The Morgan fingerprint density at radius 1 is 0.971 bits per heavy atom. The molecular formula is C29H30N2O4. The van der Waals surface area contributed by atoms with E-state index in [1.165, 1.54) is 12.7 Å². The maximum Gasteiger partial charge on any atom is 0.268 e. The van der Waals surface area contributed by atoms with Crippen molar-refractivity contribution in [3.8, 4) is 5.75 Å². The summed E-state index contributed by atoms with van der Waals surface area (Å²) in [6.45, 7) is 1.96. The van der Waals surface area contributed by atoms with Gasteiger partial charge in [-0.05, 0) is 62.9 Å². The fourth-order valence-electron chi connectivity index (χ4n) is 5.06. The minimum atomic E-state index is -0.366. The van der Waals surface area contributed by atoms with E-state index in [1.54, 1.807) is 30.3 Å². The second-order valence-electron chi connectivity index (χ2n) is 9.51. The zero-order valence-corrected chi connectivity index (χ0v) is 19.9. The minimum Gasteiger partial charge on any atom is -0.487 e. The number of fused-ring (bicyclic) bond motifs is 1. The van der Waals surface area contributed by atoms with Crippen molar-refractivity contribution in [3.05, 3.63) is 95.1 Å². The van der Waals surface area contributed by atoms with Gasteiger partial charge in [0.15, 0.2) is 0 Å². The highest BCUT2D eigenvalue weighted by atomic mass is 16.5. The Kier molecular flexibility index (Phi) is 6.45. The van der Waals surface area contributed by atoms with Crippen LogP contribution in [0.1, 0.15) is 71.8 Å². The molecule has 2 aliphatic rings. The van der Waals surface area contributed by atoms with Crippen molar-refractivity contribution in [3.63, 3.8) is 0 Å². The second kappa shape index (κ2) is 9.82. The zero-order valence-electron chi connectivity index (χ0n) is 19.9. The van der Waals surface area contributed by atoms with Crippen LogP contribution in [-0.4, -0.2) is 17.4 Å². The number of carbonyl (C=O) groups is 2. The highest BCUT2D eigenvalue weighted by Crippen LogP contribution is 2.46. The Morgan fingerprint density at radius 3 is 2.49 bits per heavy atom. The number of hydrogen-bond acceptors (Lipinski definition) is 4. The molecule has 5 rings (SSSR count). The predicted molar refractivity (Wildman–Crippen MR) is 134 cm³/mol. The minimum absolute atomic E-state index is 0.132. The van der Waals surface area contributed by atoms with Crippen molar-refractivity contribution in [1.82, 2.24) is 10.6 Å². The van der Waals surface area contributed by atoms with Gasteiger partial charge < -0.3 is 19.8 Å². The summed E-state index contributed by atoms with van der Waals surface area (Å²) in [7, 11) is 0. The molecule has 2 amide bonds. The molecule has 2 aromatic carbocycles. The van der Waals surface area contributed by atoms with E-state index in [-0.39, 0.29) is 29.2 Å². The number of nitrogens with one attached hydrogen (secondary N) is 2. The van der Waals surface area contributed by atoms with Gasteiger partial charge in [-0.1, -0.05) is 42.3 Å². The molecule has 1 fully saturated rings. The summed E-state index contributed by atoms with van der Waals surface area (Å²) in [6.07, 6.45) is 9.21. The van der Waals surface area contributed by atoms with E-state index >= 15 is 0 Å².